The SMILES string of the molecule is CCCN(C)c1cc(N(C)CCO)ncn1. The van der Waals surface area contributed by atoms with Gasteiger partial charge in [0.15, 0.2) is 0 Å². The fraction of sp³-hybridized carbons (Fsp3) is 0.636. The number of rotatable bonds is 6. The molecular weight excluding hydrogens is 204 g/mol. The zero-order valence-corrected chi connectivity index (χ0v) is 10.2. The predicted octanol–water partition coefficient (Wildman–Crippen LogP) is 0.751. The van der Waals surface area contributed by atoms with Gasteiger partial charge in [0.25, 0.3) is 0 Å². The van der Waals surface area contributed by atoms with Gasteiger partial charge < -0.3 is 14.9 Å². The zero-order valence-electron chi connectivity index (χ0n) is 10.2. The minimum absolute atomic E-state index is 0.126. The fourth-order valence-corrected chi connectivity index (χ4v) is 1.47. The summed E-state index contributed by atoms with van der Waals surface area (Å²) in [6, 6.07) is 1.94. The van der Waals surface area contributed by atoms with Gasteiger partial charge >= 0.3 is 0 Å². The van der Waals surface area contributed by atoms with E-state index in [9.17, 15) is 0 Å². The number of nitrogens with zero attached hydrogens (tertiary/aromatic N) is 4. The summed E-state index contributed by atoms with van der Waals surface area (Å²) in [7, 11) is 3.92. The highest BCUT2D eigenvalue weighted by Crippen LogP contribution is 2.15. The van der Waals surface area contributed by atoms with E-state index in [0.717, 1.165) is 24.6 Å². The van der Waals surface area contributed by atoms with E-state index in [4.69, 9.17) is 5.11 Å². The number of likely N-dealkylation sites (N-methyl/N-ethyl adjacent to an activating group) is 1. The Morgan fingerprint density at radius 2 is 1.69 bits per heavy atom. The highest BCUT2D eigenvalue weighted by atomic mass is 16.3. The van der Waals surface area contributed by atoms with Gasteiger partial charge in [-0.2, -0.15) is 0 Å². The molecule has 1 aromatic heterocycles. The van der Waals surface area contributed by atoms with Crippen LogP contribution >= 0.6 is 0 Å². The van der Waals surface area contributed by atoms with Gasteiger partial charge in [0.05, 0.1) is 6.61 Å². The van der Waals surface area contributed by atoms with Crippen molar-refractivity contribution in [2.45, 2.75) is 13.3 Å². The molecule has 0 bridgehead atoms. The maximum atomic E-state index is 8.87. The maximum Gasteiger partial charge on any atom is 0.133 e. The zero-order chi connectivity index (χ0) is 12.0. The number of aromatic nitrogens is 2. The van der Waals surface area contributed by atoms with Crippen LogP contribution in [0.2, 0.25) is 0 Å². The van der Waals surface area contributed by atoms with Crippen LogP contribution in [0.15, 0.2) is 12.4 Å². The first-order chi connectivity index (χ1) is 7.69. The normalized spacial score (nSPS) is 10.2. The van der Waals surface area contributed by atoms with Crippen molar-refractivity contribution in [2.24, 2.45) is 0 Å². The van der Waals surface area contributed by atoms with Gasteiger partial charge in [0, 0.05) is 33.3 Å². The molecule has 0 aromatic carbocycles. The molecule has 0 unspecified atom stereocenters. The Labute approximate surface area is 96.7 Å². The quantitative estimate of drug-likeness (QED) is 0.773. The third kappa shape index (κ3) is 3.34. The molecule has 0 saturated carbocycles. The summed E-state index contributed by atoms with van der Waals surface area (Å²) in [5.74, 6) is 1.75. The lowest BCUT2D eigenvalue weighted by Crippen LogP contribution is -2.24. The smallest absolute Gasteiger partial charge is 0.133 e. The molecule has 0 spiro atoms. The minimum atomic E-state index is 0.126. The molecule has 90 valence electrons. The fourth-order valence-electron chi connectivity index (χ4n) is 1.47. The van der Waals surface area contributed by atoms with Gasteiger partial charge in [-0.1, -0.05) is 6.92 Å². The molecule has 0 aliphatic rings. The van der Waals surface area contributed by atoms with Crippen LogP contribution < -0.4 is 9.80 Å². The number of aliphatic hydroxyl groups excluding tert-OH is 1. The van der Waals surface area contributed by atoms with Crippen molar-refractivity contribution in [2.75, 3.05) is 43.6 Å². The second-order valence-corrected chi connectivity index (χ2v) is 3.80. The first kappa shape index (κ1) is 12.7. The van der Waals surface area contributed by atoms with Crippen LogP contribution in [0.3, 0.4) is 0 Å². The van der Waals surface area contributed by atoms with Crippen molar-refractivity contribution in [3.05, 3.63) is 12.4 Å². The number of anilines is 2. The van der Waals surface area contributed by atoms with Crippen molar-refractivity contribution in [1.29, 1.82) is 0 Å². The van der Waals surface area contributed by atoms with Crippen LogP contribution in [0, 0.1) is 0 Å². The molecule has 0 aliphatic heterocycles. The molecule has 0 saturated heterocycles. The maximum absolute atomic E-state index is 8.87. The van der Waals surface area contributed by atoms with E-state index >= 15 is 0 Å². The third-order valence-corrected chi connectivity index (χ3v) is 2.41. The van der Waals surface area contributed by atoms with E-state index in [1.54, 1.807) is 6.33 Å². The van der Waals surface area contributed by atoms with Crippen LogP contribution in [0.5, 0.6) is 0 Å². The van der Waals surface area contributed by atoms with E-state index in [1.165, 1.54) is 0 Å². The molecular formula is C11H20N4O. The monoisotopic (exact) mass is 224 g/mol. The summed E-state index contributed by atoms with van der Waals surface area (Å²) in [5, 5.41) is 8.87. The first-order valence-electron chi connectivity index (χ1n) is 5.54. The van der Waals surface area contributed by atoms with E-state index < -0.39 is 0 Å². The Morgan fingerprint density at radius 3 is 2.19 bits per heavy atom. The Balaban J connectivity index is 2.77. The molecule has 0 atom stereocenters. The van der Waals surface area contributed by atoms with Crippen molar-refractivity contribution < 1.29 is 5.11 Å². The van der Waals surface area contributed by atoms with Crippen LogP contribution in [0.25, 0.3) is 0 Å². The van der Waals surface area contributed by atoms with Crippen LogP contribution in [0.1, 0.15) is 13.3 Å². The minimum Gasteiger partial charge on any atom is -0.395 e. The standard InChI is InChI=1S/C11H20N4O/c1-4-5-14(2)10-8-11(13-9-12-10)15(3)6-7-16/h8-9,16H,4-7H2,1-3H3. The molecule has 0 fully saturated rings. The molecule has 1 aromatic rings. The molecule has 1 rings (SSSR count). The molecule has 5 nitrogen and oxygen atoms in total. The van der Waals surface area contributed by atoms with Crippen molar-refractivity contribution >= 4 is 11.6 Å². The molecule has 0 amide bonds. The van der Waals surface area contributed by atoms with Crippen LogP contribution in [-0.4, -0.2) is 48.9 Å². The number of aliphatic hydroxyl groups is 1. The number of hydrogen-bond donors (Lipinski definition) is 1. The molecule has 1 heterocycles. The van der Waals surface area contributed by atoms with Gasteiger partial charge in [-0.3, -0.25) is 0 Å². The van der Waals surface area contributed by atoms with E-state index in [2.05, 4.69) is 21.8 Å². The summed E-state index contributed by atoms with van der Waals surface area (Å²) in [4.78, 5) is 12.4. The lowest BCUT2D eigenvalue weighted by atomic mass is 10.4. The van der Waals surface area contributed by atoms with Crippen molar-refractivity contribution in [3.63, 3.8) is 0 Å². The van der Waals surface area contributed by atoms with Crippen molar-refractivity contribution in [3.8, 4) is 0 Å². The lowest BCUT2D eigenvalue weighted by molar-refractivity contribution is 0.304. The average Bonchev–Trinajstić information content (AvgIpc) is 2.30. The van der Waals surface area contributed by atoms with Gasteiger partial charge in [-0.15, -0.1) is 0 Å². The summed E-state index contributed by atoms with van der Waals surface area (Å²) in [6.45, 7) is 3.81. The summed E-state index contributed by atoms with van der Waals surface area (Å²) in [6.07, 6.45) is 2.65. The Morgan fingerprint density at radius 1 is 1.12 bits per heavy atom. The Bertz CT molecular complexity index is 291. The highest BCUT2D eigenvalue weighted by molar-refractivity contribution is 5.49. The predicted molar refractivity (Wildman–Crippen MR) is 65.9 cm³/mol. The van der Waals surface area contributed by atoms with Crippen molar-refractivity contribution in [1.82, 2.24) is 9.97 Å². The lowest BCUT2D eigenvalue weighted by Gasteiger charge is -2.20. The first-order valence-corrected chi connectivity index (χ1v) is 5.54. The van der Waals surface area contributed by atoms with E-state index in [0.29, 0.717) is 6.54 Å². The Kier molecular flexibility index (Phi) is 4.98. The molecule has 5 heteroatoms. The second-order valence-electron chi connectivity index (χ2n) is 3.80. The van der Waals surface area contributed by atoms with E-state index in [1.807, 2.05) is 25.1 Å². The second kappa shape index (κ2) is 6.27. The van der Waals surface area contributed by atoms with Crippen LogP contribution in [0.4, 0.5) is 11.6 Å². The molecule has 16 heavy (non-hydrogen) atoms. The molecule has 0 radical (unpaired) electrons. The summed E-state index contributed by atoms with van der Waals surface area (Å²) >= 11 is 0. The van der Waals surface area contributed by atoms with Gasteiger partial charge in [0.2, 0.25) is 0 Å². The Hall–Kier alpha value is -1.36. The van der Waals surface area contributed by atoms with Gasteiger partial charge in [0.1, 0.15) is 18.0 Å². The molecule has 1 N–H and O–H groups in total. The largest absolute Gasteiger partial charge is 0.395 e. The summed E-state index contributed by atoms with van der Waals surface area (Å²) in [5.41, 5.74) is 0. The number of hydrogen-bond acceptors (Lipinski definition) is 5. The summed E-state index contributed by atoms with van der Waals surface area (Å²) < 4.78 is 0. The van der Waals surface area contributed by atoms with Gasteiger partial charge in [-0.25, -0.2) is 9.97 Å². The highest BCUT2D eigenvalue weighted by Gasteiger charge is 2.06. The van der Waals surface area contributed by atoms with Gasteiger partial charge in [-0.05, 0) is 6.42 Å². The van der Waals surface area contributed by atoms with E-state index in [-0.39, 0.29) is 6.61 Å². The average molecular weight is 224 g/mol. The van der Waals surface area contributed by atoms with Crippen LogP contribution in [-0.2, 0) is 0 Å². The third-order valence-electron chi connectivity index (χ3n) is 2.41. The topological polar surface area (TPSA) is 52.5 Å². The molecule has 0 aliphatic carbocycles.